The van der Waals surface area contributed by atoms with E-state index >= 15 is 0 Å². The largest absolute Gasteiger partial charge is 0.493 e. The molecule has 8 heteroatoms. The van der Waals surface area contributed by atoms with E-state index < -0.39 is 0 Å². The van der Waals surface area contributed by atoms with Crippen molar-refractivity contribution in [1.82, 2.24) is 9.55 Å². The second kappa shape index (κ2) is 13.9. The fourth-order valence-electron chi connectivity index (χ4n) is 5.95. The highest BCUT2D eigenvalue weighted by Gasteiger charge is 2.23. The molecular weight excluding hydrogens is 558 g/mol. The van der Waals surface area contributed by atoms with E-state index in [4.69, 9.17) is 19.2 Å². The van der Waals surface area contributed by atoms with Crippen LogP contribution in [-0.4, -0.2) is 56.0 Å². The van der Waals surface area contributed by atoms with Crippen LogP contribution in [0.15, 0.2) is 52.4 Å². The van der Waals surface area contributed by atoms with Gasteiger partial charge in [0.15, 0.2) is 16.7 Å². The van der Waals surface area contributed by atoms with E-state index in [2.05, 4.69) is 78.2 Å². The molecule has 230 valence electrons. The second-order valence-corrected chi connectivity index (χ2v) is 13.1. The highest BCUT2D eigenvalue weighted by molar-refractivity contribution is 7.98. The first-order valence-electron chi connectivity index (χ1n) is 14.8. The first kappa shape index (κ1) is 32.4. The summed E-state index contributed by atoms with van der Waals surface area (Å²) in [5.41, 5.74) is 7.99. The maximum Gasteiger partial charge on any atom is 0.262 e. The van der Waals surface area contributed by atoms with Gasteiger partial charge in [-0.15, -0.1) is 0 Å². The van der Waals surface area contributed by atoms with Gasteiger partial charge < -0.3 is 18.7 Å². The molecule has 4 aromatic rings. The molecule has 0 fully saturated rings. The lowest BCUT2D eigenvalue weighted by Crippen LogP contribution is -2.39. The van der Waals surface area contributed by atoms with Crippen molar-refractivity contribution in [3.8, 4) is 17.2 Å². The summed E-state index contributed by atoms with van der Waals surface area (Å²) in [6, 6.07) is 15.0. The number of unbranched alkanes of at least 4 members (excludes halogenated alkanes) is 1. The van der Waals surface area contributed by atoms with Gasteiger partial charge in [0.1, 0.15) is 12.1 Å². The van der Waals surface area contributed by atoms with E-state index in [0.29, 0.717) is 45.6 Å². The molecule has 0 aliphatic carbocycles. The monoisotopic (exact) mass is 604 g/mol. The summed E-state index contributed by atoms with van der Waals surface area (Å²) in [4.78, 5) is 19.1. The molecule has 3 aromatic carbocycles. The van der Waals surface area contributed by atoms with Crippen molar-refractivity contribution in [2.24, 2.45) is 0 Å². The maximum absolute atomic E-state index is 14.1. The zero-order valence-corrected chi connectivity index (χ0v) is 28.0. The molecule has 0 amide bonds. The van der Waals surface area contributed by atoms with Crippen molar-refractivity contribution in [1.29, 1.82) is 0 Å². The number of benzene rings is 3. The highest BCUT2D eigenvalue weighted by Crippen LogP contribution is 2.42. The number of quaternary nitrogens is 1. The summed E-state index contributed by atoms with van der Waals surface area (Å²) in [7, 11) is 9.23. The van der Waals surface area contributed by atoms with Crippen molar-refractivity contribution >= 4 is 22.7 Å². The summed E-state index contributed by atoms with van der Waals surface area (Å²) in [6.45, 7) is 11.1. The van der Waals surface area contributed by atoms with Gasteiger partial charge in [-0.1, -0.05) is 70.4 Å². The zero-order valence-electron chi connectivity index (χ0n) is 27.2. The summed E-state index contributed by atoms with van der Waals surface area (Å²) >= 11 is 1.58. The van der Waals surface area contributed by atoms with Crippen molar-refractivity contribution in [2.45, 2.75) is 64.5 Å². The summed E-state index contributed by atoms with van der Waals surface area (Å²) in [5.74, 6) is 1.98. The smallest absolute Gasteiger partial charge is 0.262 e. The number of hydrogen-bond acceptors (Lipinski definition) is 6. The number of aromatic nitrogens is 2. The molecule has 0 unspecified atom stereocenters. The summed E-state index contributed by atoms with van der Waals surface area (Å²) in [6.07, 6.45) is 1.85. The first-order valence-corrected chi connectivity index (χ1v) is 15.8. The standard InChI is InChI=1S/C35H46N3O4S/c1-23-14-24(2)17-27(16-23)21-38(5,6)13-11-10-12-37-34(39)29-20-30(40-7)32(41-8)33(42-9)31(29)36-35(37)43-22-28-18-25(3)15-26(4)19-28/h14-20H,10-13,21-22H2,1-9H3/q+1. The number of thioether (sulfide) groups is 1. The number of fused-ring (bicyclic) bond motifs is 1. The third kappa shape index (κ3) is 7.92. The predicted octanol–water partition coefficient (Wildman–Crippen LogP) is 7.01. The van der Waals surface area contributed by atoms with E-state index in [-0.39, 0.29) is 5.56 Å². The average Bonchev–Trinajstić information content (AvgIpc) is 2.92. The number of hydrogen-bond donors (Lipinski definition) is 0. The quantitative estimate of drug-likeness (QED) is 0.0709. The van der Waals surface area contributed by atoms with Crippen LogP contribution < -0.4 is 19.8 Å². The van der Waals surface area contributed by atoms with E-state index in [0.717, 1.165) is 30.4 Å². The van der Waals surface area contributed by atoms with E-state index in [1.807, 2.05) is 4.57 Å². The van der Waals surface area contributed by atoms with Gasteiger partial charge in [-0.25, -0.2) is 4.98 Å². The van der Waals surface area contributed by atoms with Gasteiger partial charge in [-0.3, -0.25) is 9.36 Å². The minimum atomic E-state index is -0.101. The van der Waals surface area contributed by atoms with Gasteiger partial charge in [0.25, 0.3) is 5.56 Å². The Labute approximate surface area is 260 Å². The second-order valence-electron chi connectivity index (χ2n) is 12.2. The van der Waals surface area contributed by atoms with Crippen LogP contribution in [0, 0.1) is 27.7 Å². The molecular formula is C35H46N3O4S+. The molecule has 0 bridgehead atoms. The molecule has 4 rings (SSSR count). The van der Waals surface area contributed by atoms with Crippen molar-refractivity contribution in [2.75, 3.05) is 42.0 Å². The van der Waals surface area contributed by atoms with E-state index in [9.17, 15) is 4.79 Å². The van der Waals surface area contributed by atoms with Crippen LogP contribution in [-0.2, 0) is 18.8 Å². The molecule has 0 saturated heterocycles. The third-order valence-electron chi connectivity index (χ3n) is 7.65. The number of ether oxygens (including phenoxy) is 3. The molecule has 0 aliphatic rings. The third-order valence-corrected chi connectivity index (χ3v) is 8.70. The lowest BCUT2D eigenvalue weighted by atomic mass is 10.1. The molecule has 0 atom stereocenters. The van der Waals surface area contributed by atoms with Gasteiger partial charge in [0.2, 0.25) is 5.75 Å². The molecule has 7 nitrogen and oxygen atoms in total. The van der Waals surface area contributed by atoms with Crippen molar-refractivity contribution in [3.05, 3.63) is 86.2 Å². The predicted molar refractivity (Wildman–Crippen MR) is 177 cm³/mol. The average molecular weight is 605 g/mol. The molecule has 0 aliphatic heterocycles. The normalized spacial score (nSPS) is 11.7. The van der Waals surface area contributed by atoms with Crippen molar-refractivity contribution in [3.63, 3.8) is 0 Å². The maximum atomic E-state index is 14.1. The Morgan fingerprint density at radius 1 is 0.767 bits per heavy atom. The first-order chi connectivity index (χ1) is 20.4. The van der Waals surface area contributed by atoms with Crippen LogP contribution in [0.4, 0.5) is 0 Å². The van der Waals surface area contributed by atoms with Gasteiger partial charge in [0.05, 0.1) is 47.4 Å². The van der Waals surface area contributed by atoms with Crippen LogP contribution in [0.25, 0.3) is 10.9 Å². The van der Waals surface area contributed by atoms with Gasteiger partial charge in [0, 0.05) is 17.9 Å². The fraction of sp³-hybridized carbons (Fsp3) is 0.429. The Bertz CT molecular complexity index is 1620. The summed E-state index contributed by atoms with van der Waals surface area (Å²) in [5, 5.41) is 1.13. The van der Waals surface area contributed by atoms with Crippen LogP contribution in [0.2, 0.25) is 0 Å². The number of aryl methyl sites for hydroxylation is 4. The van der Waals surface area contributed by atoms with E-state index in [1.54, 1.807) is 39.2 Å². The Hall–Kier alpha value is -3.49. The zero-order chi connectivity index (χ0) is 31.3. The number of rotatable bonds is 13. The molecule has 0 spiro atoms. The minimum absolute atomic E-state index is 0.101. The molecule has 1 heterocycles. The van der Waals surface area contributed by atoms with Crippen molar-refractivity contribution < 1.29 is 18.7 Å². The van der Waals surface area contributed by atoms with Crippen LogP contribution >= 0.6 is 11.8 Å². The number of methoxy groups -OCH3 is 3. The lowest BCUT2D eigenvalue weighted by molar-refractivity contribution is -0.903. The van der Waals surface area contributed by atoms with Crippen LogP contribution in [0.5, 0.6) is 17.2 Å². The fourth-order valence-corrected chi connectivity index (χ4v) is 6.90. The Morgan fingerprint density at radius 3 is 1.91 bits per heavy atom. The lowest BCUT2D eigenvalue weighted by Gasteiger charge is -2.30. The van der Waals surface area contributed by atoms with Crippen LogP contribution in [0.3, 0.4) is 0 Å². The Kier molecular flexibility index (Phi) is 10.5. The van der Waals surface area contributed by atoms with Crippen LogP contribution in [0.1, 0.15) is 46.2 Å². The van der Waals surface area contributed by atoms with Gasteiger partial charge in [-0.05, 0) is 52.2 Å². The number of nitrogens with zero attached hydrogens (tertiary/aromatic N) is 3. The van der Waals surface area contributed by atoms with Gasteiger partial charge in [-0.2, -0.15) is 0 Å². The molecule has 0 radical (unpaired) electrons. The summed E-state index contributed by atoms with van der Waals surface area (Å²) < 4.78 is 19.6. The topological polar surface area (TPSA) is 62.6 Å². The molecule has 1 aromatic heterocycles. The highest BCUT2D eigenvalue weighted by atomic mass is 32.2. The van der Waals surface area contributed by atoms with Gasteiger partial charge >= 0.3 is 0 Å². The Morgan fingerprint density at radius 2 is 1.35 bits per heavy atom. The molecule has 43 heavy (non-hydrogen) atoms. The Balaban J connectivity index is 1.62. The molecule has 0 N–H and O–H groups in total. The minimum Gasteiger partial charge on any atom is -0.493 e. The van der Waals surface area contributed by atoms with E-state index in [1.165, 1.54) is 33.4 Å². The SMILES string of the molecule is COc1cc2c(=O)n(CCCC[N+](C)(C)Cc3cc(C)cc(C)c3)c(SCc3cc(C)cc(C)c3)nc2c(OC)c1OC. The molecule has 0 saturated carbocycles.